The largest absolute Gasteiger partial charge is 0.481 e. The molecule has 0 bridgehead atoms. The molecular formula is C18H20F4N2O3. The number of aliphatic carboxylic acids is 1. The number of likely N-dealkylation sites (tertiary alicyclic amines) is 1. The number of carboxylic acid groups (broad SMARTS) is 1. The summed E-state index contributed by atoms with van der Waals surface area (Å²) in [6.07, 6.45) is -2.00. The minimum absolute atomic E-state index is 0.121. The zero-order valence-corrected chi connectivity index (χ0v) is 14.4. The van der Waals surface area contributed by atoms with Crippen molar-refractivity contribution in [1.29, 1.82) is 0 Å². The van der Waals surface area contributed by atoms with E-state index in [-0.39, 0.29) is 5.92 Å². The number of rotatable bonds is 4. The molecule has 1 aliphatic heterocycles. The zero-order valence-electron chi connectivity index (χ0n) is 14.4. The highest BCUT2D eigenvalue weighted by molar-refractivity contribution is 5.78. The summed E-state index contributed by atoms with van der Waals surface area (Å²) in [5, 5.41) is 11.8. The summed E-state index contributed by atoms with van der Waals surface area (Å²) in [5.41, 5.74) is 0.677. The first-order valence-electron chi connectivity index (χ1n) is 8.77. The summed E-state index contributed by atoms with van der Waals surface area (Å²) in [7, 11) is 0. The Kier molecular flexibility index (Phi) is 5.30. The zero-order chi connectivity index (χ0) is 19.8. The Morgan fingerprint density at radius 3 is 2.22 bits per heavy atom. The van der Waals surface area contributed by atoms with Crippen molar-refractivity contribution in [2.45, 2.75) is 31.5 Å². The van der Waals surface area contributed by atoms with Crippen molar-refractivity contribution >= 4 is 12.0 Å². The Morgan fingerprint density at radius 1 is 1.15 bits per heavy atom. The number of carboxylic acids is 1. The Balaban J connectivity index is 1.74. The molecule has 3 rings (SSSR count). The van der Waals surface area contributed by atoms with Crippen LogP contribution in [0.15, 0.2) is 24.3 Å². The number of nitrogens with one attached hydrogen (secondary N) is 1. The number of carbonyl (C=O) groups is 2. The van der Waals surface area contributed by atoms with E-state index in [4.69, 9.17) is 5.11 Å². The molecule has 0 spiro atoms. The van der Waals surface area contributed by atoms with Crippen molar-refractivity contribution < 1.29 is 32.3 Å². The maximum atomic E-state index is 13.2. The van der Waals surface area contributed by atoms with Gasteiger partial charge >= 0.3 is 18.2 Å². The van der Waals surface area contributed by atoms with Crippen molar-refractivity contribution in [3.05, 3.63) is 35.6 Å². The molecule has 1 saturated carbocycles. The van der Waals surface area contributed by atoms with Gasteiger partial charge < -0.3 is 15.3 Å². The van der Waals surface area contributed by atoms with Crippen molar-refractivity contribution in [3.63, 3.8) is 0 Å². The maximum absolute atomic E-state index is 13.2. The van der Waals surface area contributed by atoms with Crippen LogP contribution in [0.4, 0.5) is 22.4 Å². The fourth-order valence-electron chi connectivity index (χ4n) is 3.69. The third-order valence-corrected chi connectivity index (χ3v) is 5.47. The lowest BCUT2D eigenvalue weighted by Crippen LogP contribution is -2.44. The molecule has 1 saturated heterocycles. The number of halogens is 4. The lowest BCUT2D eigenvalue weighted by atomic mass is 9.77. The third kappa shape index (κ3) is 4.17. The molecular weight excluding hydrogens is 368 g/mol. The van der Waals surface area contributed by atoms with Gasteiger partial charge in [0, 0.05) is 13.1 Å². The van der Waals surface area contributed by atoms with Gasteiger partial charge in [0.15, 0.2) is 0 Å². The van der Waals surface area contributed by atoms with Crippen molar-refractivity contribution in [1.82, 2.24) is 10.2 Å². The molecule has 0 aromatic heterocycles. The van der Waals surface area contributed by atoms with Crippen LogP contribution in [-0.4, -0.2) is 41.3 Å². The van der Waals surface area contributed by atoms with E-state index in [1.54, 1.807) is 12.1 Å². The number of benzene rings is 1. The smallest absolute Gasteiger partial charge is 0.394 e. The summed E-state index contributed by atoms with van der Waals surface area (Å²) < 4.78 is 52.5. The van der Waals surface area contributed by atoms with E-state index in [0.717, 1.165) is 24.2 Å². The minimum atomic E-state index is -4.69. The van der Waals surface area contributed by atoms with Gasteiger partial charge in [-0.05, 0) is 36.5 Å². The van der Waals surface area contributed by atoms with Crippen molar-refractivity contribution in [3.8, 4) is 0 Å². The summed E-state index contributed by atoms with van der Waals surface area (Å²) in [5.74, 6) is -5.64. The third-order valence-electron chi connectivity index (χ3n) is 5.47. The average molecular weight is 388 g/mol. The molecule has 2 aliphatic rings. The van der Waals surface area contributed by atoms with E-state index in [1.807, 2.05) is 0 Å². The van der Waals surface area contributed by atoms with Crippen LogP contribution in [0.3, 0.4) is 0 Å². The average Bonchev–Trinajstić information content (AvgIpc) is 2.99. The lowest BCUT2D eigenvalue weighted by molar-refractivity contribution is -0.187. The van der Waals surface area contributed by atoms with Gasteiger partial charge in [-0.1, -0.05) is 18.6 Å². The summed E-state index contributed by atoms with van der Waals surface area (Å²) in [6, 6.07) is 4.45. The number of hydrogen-bond donors (Lipinski definition) is 2. The van der Waals surface area contributed by atoms with Crippen molar-refractivity contribution in [2.24, 2.45) is 17.8 Å². The first kappa shape index (κ1) is 19.4. The molecule has 3 atom stereocenters. The molecule has 148 valence electrons. The minimum Gasteiger partial charge on any atom is -0.481 e. The lowest BCUT2D eigenvalue weighted by Gasteiger charge is -2.35. The van der Waals surface area contributed by atoms with Gasteiger partial charge in [-0.2, -0.15) is 13.2 Å². The molecule has 5 nitrogen and oxygen atoms in total. The van der Waals surface area contributed by atoms with Crippen LogP contribution < -0.4 is 5.32 Å². The van der Waals surface area contributed by atoms with Gasteiger partial charge in [-0.15, -0.1) is 0 Å². The monoisotopic (exact) mass is 388 g/mol. The Hall–Kier alpha value is -2.32. The highest BCUT2D eigenvalue weighted by Gasteiger charge is 2.53. The topological polar surface area (TPSA) is 69.6 Å². The predicted molar refractivity (Wildman–Crippen MR) is 87.3 cm³/mol. The van der Waals surface area contributed by atoms with Crippen LogP contribution in [-0.2, 0) is 4.79 Å². The van der Waals surface area contributed by atoms with Crippen molar-refractivity contribution in [2.75, 3.05) is 13.1 Å². The molecule has 1 aliphatic carbocycles. The normalized spacial score (nSPS) is 24.4. The van der Waals surface area contributed by atoms with E-state index >= 15 is 0 Å². The summed E-state index contributed by atoms with van der Waals surface area (Å²) in [6.45, 7) is -1.18. The van der Waals surface area contributed by atoms with E-state index in [9.17, 15) is 27.2 Å². The van der Waals surface area contributed by atoms with Crippen LogP contribution >= 0.6 is 0 Å². The Morgan fingerprint density at radius 2 is 1.78 bits per heavy atom. The van der Waals surface area contributed by atoms with Gasteiger partial charge in [0.1, 0.15) is 5.82 Å². The first-order valence-corrected chi connectivity index (χ1v) is 8.77. The predicted octanol–water partition coefficient (Wildman–Crippen LogP) is 3.57. The standard InChI is InChI=1S/C18H20F4N2O3/c19-12-6-4-11(5-7-12)15(10-2-1-3-10)23-17(27)24-8-13(16(25)26)14(9-24)18(20,21)22/h4-7,10,13-15H,1-3,8-9H2,(H,23,27)(H,25,26)/t13-,14-,15?/m1/s1. The molecule has 1 aromatic rings. The first-order chi connectivity index (χ1) is 12.7. The van der Waals surface area contributed by atoms with Gasteiger partial charge in [0.25, 0.3) is 0 Å². The number of carbonyl (C=O) groups excluding carboxylic acids is 1. The van der Waals surface area contributed by atoms with Crippen LogP contribution in [0.1, 0.15) is 30.9 Å². The second kappa shape index (κ2) is 7.36. The van der Waals surface area contributed by atoms with E-state index in [2.05, 4.69) is 5.32 Å². The summed E-state index contributed by atoms with van der Waals surface area (Å²) in [4.78, 5) is 24.6. The molecule has 2 fully saturated rings. The van der Waals surface area contributed by atoms with Crippen LogP contribution in [0.2, 0.25) is 0 Å². The summed E-state index contributed by atoms with van der Waals surface area (Å²) >= 11 is 0. The molecule has 2 amide bonds. The fraction of sp³-hybridized carbons (Fsp3) is 0.556. The highest BCUT2D eigenvalue weighted by Crippen LogP contribution is 2.40. The van der Waals surface area contributed by atoms with Gasteiger partial charge in [0.2, 0.25) is 0 Å². The van der Waals surface area contributed by atoms with E-state index in [1.165, 1.54) is 12.1 Å². The second-order valence-electron chi connectivity index (χ2n) is 7.17. The molecule has 1 heterocycles. The number of urea groups is 1. The highest BCUT2D eigenvalue weighted by atomic mass is 19.4. The maximum Gasteiger partial charge on any atom is 0.394 e. The van der Waals surface area contributed by atoms with Crippen LogP contribution in [0.25, 0.3) is 0 Å². The van der Waals surface area contributed by atoms with Gasteiger partial charge in [-0.25, -0.2) is 9.18 Å². The second-order valence-corrected chi connectivity index (χ2v) is 7.17. The van der Waals surface area contributed by atoms with Gasteiger partial charge in [0.05, 0.1) is 17.9 Å². The molecule has 2 N–H and O–H groups in total. The molecule has 1 aromatic carbocycles. The van der Waals surface area contributed by atoms with Crippen LogP contribution in [0.5, 0.6) is 0 Å². The Bertz CT molecular complexity index is 704. The van der Waals surface area contributed by atoms with E-state index < -0.39 is 55.0 Å². The molecule has 27 heavy (non-hydrogen) atoms. The van der Waals surface area contributed by atoms with Gasteiger partial charge in [-0.3, -0.25) is 4.79 Å². The quantitative estimate of drug-likeness (QED) is 0.775. The van der Waals surface area contributed by atoms with E-state index in [0.29, 0.717) is 5.56 Å². The Labute approximate surface area is 153 Å². The number of hydrogen-bond acceptors (Lipinski definition) is 2. The molecule has 9 heteroatoms. The number of nitrogens with zero attached hydrogens (tertiary/aromatic N) is 1. The number of amides is 2. The fourth-order valence-corrected chi connectivity index (χ4v) is 3.69. The molecule has 0 radical (unpaired) electrons. The molecule has 1 unspecified atom stereocenters. The number of alkyl halides is 3. The van der Waals surface area contributed by atoms with Crippen LogP contribution in [0, 0.1) is 23.6 Å². The SMILES string of the molecule is O=C(O)[C@@H]1CN(C(=O)NC(c2ccc(F)cc2)C2CCC2)C[C@H]1C(F)(F)F.